The summed E-state index contributed by atoms with van der Waals surface area (Å²) in [5.74, 6) is 0.0126. The molecule has 0 saturated heterocycles. The molecule has 1 amide bonds. The van der Waals surface area contributed by atoms with Crippen molar-refractivity contribution in [1.29, 1.82) is 0 Å². The predicted molar refractivity (Wildman–Crippen MR) is 88.8 cm³/mol. The van der Waals surface area contributed by atoms with Gasteiger partial charge < -0.3 is 10.1 Å². The van der Waals surface area contributed by atoms with Crippen LogP contribution in [0.25, 0.3) is 5.69 Å². The van der Waals surface area contributed by atoms with E-state index in [1.54, 1.807) is 24.3 Å². The minimum atomic E-state index is -0.731. The van der Waals surface area contributed by atoms with Crippen molar-refractivity contribution in [2.24, 2.45) is 7.05 Å². The van der Waals surface area contributed by atoms with E-state index in [0.717, 1.165) is 9.25 Å². The minimum Gasteiger partial charge on any atom is -0.497 e. The predicted octanol–water partition coefficient (Wildman–Crippen LogP) is 0.468. The first-order valence-electron chi connectivity index (χ1n) is 7.54. The summed E-state index contributed by atoms with van der Waals surface area (Å²) in [6.07, 6.45) is 0.712. The van der Waals surface area contributed by atoms with Crippen LogP contribution in [0.4, 0.5) is 0 Å². The fraction of sp³-hybridized carbons (Fsp3) is 0.375. The molecule has 8 heteroatoms. The summed E-state index contributed by atoms with van der Waals surface area (Å²) in [5, 5.41) is 6.64. The molecule has 1 atom stereocenters. The molecule has 128 valence electrons. The number of amides is 1. The lowest BCUT2D eigenvalue weighted by molar-refractivity contribution is 0.0929. The molecule has 0 bridgehead atoms. The smallest absolute Gasteiger partial charge is 0.351 e. The molecule has 2 aromatic rings. The number of rotatable bonds is 5. The Morgan fingerprint density at radius 3 is 2.46 bits per heavy atom. The van der Waals surface area contributed by atoms with Crippen LogP contribution in [0.3, 0.4) is 0 Å². The van der Waals surface area contributed by atoms with E-state index in [2.05, 4.69) is 10.4 Å². The summed E-state index contributed by atoms with van der Waals surface area (Å²) in [6.45, 7) is 3.73. The van der Waals surface area contributed by atoms with Crippen LogP contribution in [0, 0.1) is 0 Å². The van der Waals surface area contributed by atoms with Crippen molar-refractivity contribution < 1.29 is 9.53 Å². The van der Waals surface area contributed by atoms with Gasteiger partial charge in [-0.15, -0.1) is 0 Å². The Morgan fingerprint density at radius 2 is 1.92 bits per heavy atom. The normalized spacial score (nSPS) is 11.8. The molecule has 2 rings (SSSR count). The molecule has 0 saturated carbocycles. The second-order valence-electron chi connectivity index (χ2n) is 5.39. The van der Waals surface area contributed by atoms with Crippen LogP contribution in [0.5, 0.6) is 5.75 Å². The van der Waals surface area contributed by atoms with Crippen molar-refractivity contribution >= 4 is 5.91 Å². The van der Waals surface area contributed by atoms with E-state index in [1.165, 1.54) is 14.2 Å². The van der Waals surface area contributed by atoms with Gasteiger partial charge in [-0.05, 0) is 37.6 Å². The molecule has 0 aliphatic carbocycles. The van der Waals surface area contributed by atoms with Crippen LogP contribution in [-0.2, 0) is 7.05 Å². The summed E-state index contributed by atoms with van der Waals surface area (Å²) >= 11 is 0. The third kappa shape index (κ3) is 3.37. The molecule has 0 spiro atoms. The van der Waals surface area contributed by atoms with Gasteiger partial charge in [-0.2, -0.15) is 9.78 Å². The van der Waals surface area contributed by atoms with Gasteiger partial charge in [0, 0.05) is 13.1 Å². The van der Waals surface area contributed by atoms with E-state index in [9.17, 15) is 14.4 Å². The van der Waals surface area contributed by atoms with E-state index in [-0.39, 0.29) is 11.7 Å². The van der Waals surface area contributed by atoms with Crippen LogP contribution < -0.4 is 21.3 Å². The van der Waals surface area contributed by atoms with E-state index < -0.39 is 17.2 Å². The molecular formula is C16H20N4O4. The second-order valence-corrected chi connectivity index (χ2v) is 5.39. The Bertz CT molecular complexity index is 852. The summed E-state index contributed by atoms with van der Waals surface area (Å²) in [7, 11) is 2.84. The number of nitrogens with one attached hydrogen (secondary N) is 1. The standard InChI is InChI=1S/C16H20N4O4/c1-5-10(2)17-14(21)13-15(22)19(3)16(23)20(18-13)11-6-8-12(24-4)9-7-11/h6-10H,5H2,1-4H3,(H,17,21)/t10-/m0/s1. The largest absolute Gasteiger partial charge is 0.497 e. The van der Waals surface area contributed by atoms with Gasteiger partial charge in [0.15, 0.2) is 0 Å². The summed E-state index contributed by atoms with van der Waals surface area (Å²) in [5.41, 5.74) is -1.27. The van der Waals surface area contributed by atoms with Crippen molar-refractivity contribution in [2.45, 2.75) is 26.3 Å². The first-order chi connectivity index (χ1) is 11.4. The number of carbonyl (C=O) groups is 1. The van der Waals surface area contributed by atoms with Crippen molar-refractivity contribution in [1.82, 2.24) is 19.7 Å². The lowest BCUT2D eigenvalue weighted by Crippen LogP contribution is -2.45. The lowest BCUT2D eigenvalue weighted by atomic mass is 10.2. The van der Waals surface area contributed by atoms with Gasteiger partial charge in [0.2, 0.25) is 5.69 Å². The third-order valence-electron chi connectivity index (χ3n) is 3.70. The number of hydrogen-bond acceptors (Lipinski definition) is 5. The average molecular weight is 332 g/mol. The Hall–Kier alpha value is -2.90. The van der Waals surface area contributed by atoms with Gasteiger partial charge in [0.05, 0.1) is 12.8 Å². The Balaban J connectivity index is 2.55. The number of methoxy groups -OCH3 is 1. The highest BCUT2D eigenvalue weighted by atomic mass is 16.5. The van der Waals surface area contributed by atoms with Gasteiger partial charge >= 0.3 is 5.69 Å². The number of hydrogen-bond donors (Lipinski definition) is 1. The SMILES string of the molecule is CC[C@H](C)NC(=O)c1nn(-c2ccc(OC)cc2)c(=O)n(C)c1=O. The zero-order valence-corrected chi connectivity index (χ0v) is 14.1. The van der Waals surface area contributed by atoms with Crippen molar-refractivity contribution in [3.63, 3.8) is 0 Å². The molecule has 1 aromatic heterocycles. The third-order valence-corrected chi connectivity index (χ3v) is 3.70. The van der Waals surface area contributed by atoms with Crippen LogP contribution in [0.2, 0.25) is 0 Å². The quantitative estimate of drug-likeness (QED) is 0.859. The minimum absolute atomic E-state index is 0.106. The molecule has 1 N–H and O–H groups in total. The highest BCUT2D eigenvalue weighted by Crippen LogP contribution is 2.12. The Morgan fingerprint density at radius 1 is 1.29 bits per heavy atom. The molecule has 8 nitrogen and oxygen atoms in total. The first-order valence-corrected chi connectivity index (χ1v) is 7.54. The van der Waals surface area contributed by atoms with E-state index in [0.29, 0.717) is 17.9 Å². The number of ether oxygens (including phenoxy) is 1. The zero-order valence-electron chi connectivity index (χ0n) is 14.1. The van der Waals surface area contributed by atoms with Crippen molar-refractivity contribution in [3.05, 3.63) is 50.8 Å². The van der Waals surface area contributed by atoms with Crippen LogP contribution in [-0.4, -0.2) is 33.4 Å². The van der Waals surface area contributed by atoms with E-state index in [1.807, 2.05) is 13.8 Å². The Kier molecular flexibility index (Phi) is 5.18. The Labute approximate surface area is 138 Å². The fourth-order valence-corrected chi connectivity index (χ4v) is 2.00. The molecule has 0 unspecified atom stereocenters. The number of benzene rings is 1. The highest BCUT2D eigenvalue weighted by Gasteiger charge is 2.19. The molecule has 0 aliphatic rings. The number of nitrogens with zero attached hydrogens (tertiary/aromatic N) is 3. The number of aromatic nitrogens is 3. The first kappa shape index (κ1) is 17.5. The molecular weight excluding hydrogens is 312 g/mol. The maximum absolute atomic E-state index is 12.3. The van der Waals surface area contributed by atoms with Gasteiger partial charge in [0.25, 0.3) is 11.5 Å². The molecule has 1 aromatic carbocycles. The monoisotopic (exact) mass is 332 g/mol. The van der Waals surface area contributed by atoms with E-state index in [4.69, 9.17) is 4.74 Å². The van der Waals surface area contributed by atoms with Crippen molar-refractivity contribution in [3.8, 4) is 11.4 Å². The zero-order chi connectivity index (χ0) is 17.9. The summed E-state index contributed by atoms with van der Waals surface area (Å²) in [4.78, 5) is 36.7. The number of carbonyl (C=O) groups excluding carboxylic acids is 1. The summed E-state index contributed by atoms with van der Waals surface area (Å²) < 4.78 is 6.95. The van der Waals surface area contributed by atoms with Gasteiger partial charge in [0.1, 0.15) is 5.75 Å². The molecule has 0 fully saturated rings. The van der Waals surface area contributed by atoms with Crippen LogP contribution in [0.15, 0.2) is 33.9 Å². The fourth-order valence-electron chi connectivity index (χ4n) is 2.00. The maximum atomic E-state index is 12.3. The van der Waals surface area contributed by atoms with Crippen LogP contribution in [0.1, 0.15) is 30.8 Å². The van der Waals surface area contributed by atoms with Gasteiger partial charge in [-0.25, -0.2) is 4.79 Å². The van der Waals surface area contributed by atoms with Crippen LogP contribution >= 0.6 is 0 Å². The molecule has 24 heavy (non-hydrogen) atoms. The summed E-state index contributed by atoms with van der Waals surface area (Å²) in [6, 6.07) is 6.45. The molecule has 0 aliphatic heterocycles. The lowest BCUT2D eigenvalue weighted by Gasteiger charge is -2.12. The maximum Gasteiger partial charge on any atom is 0.351 e. The van der Waals surface area contributed by atoms with Gasteiger partial charge in [-0.1, -0.05) is 6.92 Å². The topological polar surface area (TPSA) is 95.2 Å². The average Bonchev–Trinajstić information content (AvgIpc) is 2.59. The molecule has 0 radical (unpaired) electrons. The highest BCUT2D eigenvalue weighted by molar-refractivity contribution is 5.91. The second kappa shape index (κ2) is 7.12. The van der Waals surface area contributed by atoms with E-state index >= 15 is 0 Å². The molecule has 1 heterocycles. The van der Waals surface area contributed by atoms with Crippen molar-refractivity contribution in [2.75, 3.05) is 7.11 Å². The van der Waals surface area contributed by atoms with Gasteiger partial charge in [-0.3, -0.25) is 14.2 Å².